The summed E-state index contributed by atoms with van der Waals surface area (Å²) in [6.45, 7) is 2.26. The Morgan fingerprint density at radius 3 is 2.67 bits per heavy atom. The number of anilines is 1. The molecule has 1 heterocycles. The van der Waals surface area contributed by atoms with Crippen LogP contribution >= 0.6 is 27.3 Å². The molecule has 0 bridgehead atoms. The Morgan fingerprint density at radius 1 is 1.33 bits per heavy atom. The Labute approximate surface area is 118 Å². The minimum atomic E-state index is 0.0377. The van der Waals surface area contributed by atoms with Gasteiger partial charge in [-0.2, -0.15) is 0 Å². The van der Waals surface area contributed by atoms with Gasteiger partial charge in [-0.1, -0.05) is 46.3 Å². The minimum absolute atomic E-state index is 0.0377. The highest BCUT2D eigenvalue weighted by atomic mass is 79.9. The van der Waals surface area contributed by atoms with E-state index in [9.17, 15) is 4.79 Å². The average molecular weight is 326 g/mol. The molecular weight excluding hydrogens is 314 g/mol. The van der Waals surface area contributed by atoms with Gasteiger partial charge in [0.05, 0.1) is 6.54 Å². The first kappa shape index (κ1) is 13.2. The van der Waals surface area contributed by atoms with E-state index in [0.717, 1.165) is 15.9 Å². The van der Waals surface area contributed by atoms with Crippen LogP contribution in [0.3, 0.4) is 0 Å². The second-order valence-electron chi connectivity index (χ2n) is 3.64. The molecule has 1 N–H and O–H groups in total. The second-order valence-corrected chi connectivity index (χ2v) is 5.62. The SMILES string of the molecule is CCc1nnc(NCC(=O)c2ccc(Br)cc2)s1. The summed E-state index contributed by atoms with van der Waals surface area (Å²) in [6.07, 6.45) is 0.861. The molecule has 1 aromatic heterocycles. The lowest BCUT2D eigenvalue weighted by molar-refractivity contribution is 0.101. The number of nitrogens with one attached hydrogen (secondary N) is 1. The number of nitrogens with zero attached hydrogens (tertiary/aromatic N) is 2. The molecule has 0 amide bonds. The monoisotopic (exact) mass is 325 g/mol. The van der Waals surface area contributed by atoms with Gasteiger partial charge < -0.3 is 5.32 Å². The fraction of sp³-hybridized carbons (Fsp3) is 0.250. The van der Waals surface area contributed by atoms with Crippen LogP contribution in [0.2, 0.25) is 0 Å². The first-order valence-electron chi connectivity index (χ1n) is 5.54. The van der Waals surface area contributed by atoms with E-state index in [-0.39, 0.29) is 12.3 Å². The molecule has 0 saturated carbocycles. The number of rotatable bonds is 5. The van der Waals surface area contributed by atoms with Crippen molar-refractivity contribution in [2.45, 2.75) is 13.3 Å². The summed E-state index contributed by atoms with van der Waals surface area (Å²) in [7, 11) is 0. The van der Waals surface area contributed by atoms with Gasteiger partial charge in [-0.3, -0.25) is 4.79 Å². The van der Waals surface area contributed by atoms with E-state index >= 15 is 0 Å². The lowest BCUT2D eigenvalue weighted by Gasteiger charge is -2.01. The van der Waals surface area contributed by atoms with E-state index in [2.05, 4.69) is 31.4 Å². The van der Waals surface area contributed by atoms with Crippen molar-refractivity contribution in [1.29, 1.82) is 0 Å². The first-order valence-corrected chi connectivity index (χ1v) is 7.15. The number of carbonyl (C=O) groups excluding carboxylic acids is 1. The summed E-state index contributed by atoms with van der Waals surface area (Å²) < 4.78 is 0.962. The molecule has 2 rings (SSSR count). The molecule has 0 saturated heterocycles. The zero-order valence-electron chi connectivity index (χ0n) is 9.81. The van der Waals surface area contributed by atoms with Gasteiger partial charge in [0.1, 0.15) is 5.01 Å². The topological polar surface area (TPSA) is 54.9 Å². The van der Waals surface area contributed by atoms with E-state index in [1.165, 1.54) is 11.3 Å². The van der Waals surface area contributed by atoms with Crippen LogP contribution in [-0.4, -0.2) is 22.5 Å². The minimum Gasteiger partial charge on any atom is -0.353 e. The van der Waals surface area contributed by atoms with Gasteiger partial charge in [-0.05, 0) is 18.6 Å². The Morgan fingerprint density at radius 2 is 2.06 bits per heavy atom. The molecule has 6 heteroatoms. The van der Waals surface area contributed by atoms with Crippen molar-refractivity contribution in [2.75, 3.05) is 11.9 Å². The Kier molecular flexibility index (Phi) is 4.43. The van der Waals surface area contributed by atoms with Crippen molar-refractivity contribution in [3.8, 4) is 0 Å². The summed E-state index contributed by atoms with van der Waals surface area (Å²) >= 11 is 4.82. The highest BCUT2D eigenvalue weighted by Gasteiger charge is 2.07. The standard InChI is InChI=1S/C12H12BrN3OS/c1-2-11-15-16-12(18-11)14-7-10(17)8-3-5-9(13)6-4-8/h3-6H,2,7H2,1H3,(H,14,16). The van der Waals surface area contributed by atoms with Gasteiger partial charge in [-0.15, -0.1) is 10.2 Å². The zero-order valence-corrected chi connectivity index (χ0v) is 12.2. The summed E-state index contributed by atoms with van der Waals surface area (Å²) in [4.78, 5) is 11.9. The van der Waals surface area contributed by atoms with Crippen LogP contribution in [0.4, 0.5) is 5.13 Å². The van der Waals surface area contributed by atoms with Crippen molar-refractivity contribution in [3.63, 3.8) is 0 Å². The van der Waals surface area contributed by atoms with Gasteiger partial charge in [-0.25, -0.2) is 0 Å². The number of ketones is 1. The van der Waals surface area contributed by atoms with E-state index in [4.69, 9.17) is 0 Å². The number of aromatic nitrogens is 2. The molecule has 0 atom stereocenters. The lowest BCUT2D eigenvalue weighted by Crippen LogP contribution is -2.13. The summed E-state index contributed by atoms with van der Waals surface area (Å²) in [5, 5.41) is 12.6. The predicted octanol–water partition coefficient (Wildman–Crippen LogP) is 3.16. The van der Waals surface area contributed by atoms with E-state index < -0.39 is 0 Å². The van der Waals surface area contributed by atoms with E-state index in [0.29, 0.717) is 10.7 Å². The summed E-state index contributed by atoms with van der Waals surface area (Å²) in [6, 6.07) is 7.30. The number of carbonyl (C=O) groups is 1. The molecule has 0 aliphatic carbocycles. The van der Waals surface area contributed by atoms with Crippen molar-refractivity contribution in [1.82, 2.24) is 10.2 Å². The van der Waals surface area contributed by atoms with Crippen LogP contribution in [0, 0.1) is 0 Å². The maximum Gasteiger partial charge on any atom is 0.206 e. The second kappa shape index (κ2) is 6.06. The normalized spacial score (nSPS) is 10.3. The van der Waals surface area contributed by atoms with Crippen LogP contribution in [0.5, 0.6) is 0 Å². The molecule has 0 aliphatic rings. The van der Waals surface area contributed by atoms with Gasteiger partial charge in [0.2, 0.25) is 5.13 Å². The van der Waals surface area contributed by atoms with E-state index in [1.54, 1.807) is 12.1 Å². The smallest absolute Gasteiger partial charge is 0.206 e. The predicted molar refractivity (Wildman–Crippen MR) is 76.2 cm³/mol. The van der Waals surface area contributed by atoms with Crippen molar-refractivity contribution < 1.29 is 4.79 Å². The number of hydrogen-bond donors (Lipinski definition) is 1. The number of Topliss-reactive ketones (excluding diaryl/α,β-unsaturated/α-hetero) is 1. The third-order valence-corrected chi connectivity index (χ3v) is 3.89. The lowest BCUT2D eigenvalue weighted by atomic mass is 10.1. The molecule has 1 aromatic carbocycles. The average Bonchev–Trinajstić information content (AvgIpc) is 2.85. The number of halogens is 1. The maximum absolute atomic E-state index is 11.9. The van der Waals surface area contributed by atoms with Crippen LogP contribution in [0.1, 0.15) is 22.3 Å². The molecule has 0 aliphatic heterocycles. The van der Waals surface area contributed by atoms with Crippen molar-refractivity contribution in [2.24, 2.45) is 0 Å². The fourth-order valence-electron chi connectivity index (χ4n) is 1.36. The van der Waals surface area contributed by atoms with Gasteiger partial charge >= 0.3 is 0 Å². The molecule has 0 unspecified atom stereocenters. The molecule has 2 aromatic rings. The molecule has 94 valence electrons. The van der Waals surface area contributed by atoms with E-state index in [1.807, 2.05) is 19.1 Å². The van der Waals surface area contributed by atoms with Crippen LogP contribution < -0.4 is 5.32 Å². The van der Waals surface area contributed by atoms with Crippen molar-refractivity contribution in [3.05, 3.63) is 39.3 Å². The third-order valence-electron chi connectivity index (χ3n) is 2.34. The Bertz CT molecular complexity index is 539. The molecule has 0 fully saturated rings. The van der Waals surface area contributed by atoms with Gasteiger partial charge in [0.25, 0.3) is 0 Å². The Hall–Kier alpha value is -1.27. The fourth-order valence-corrected chi connectivity index (χ4v) is 2.30. The van der Waals surface area contributed by atoms with Crippen molar-refractivity contribution >= 4 is 38.2 Å². The molecule has 0 spiro atoms. The quantitative estimate of drug-likeness (QED) is 0.858. The van der Waals surface area contributed by atoms with Crippen LogP contribution in [-0.2, 0) is 6.42 Å². The first-order chi connectivity index (χ1) is 8.69. The molecular formula is C12H12BrN3OS. The van der Waals surface area contributed by atoms with Gasteiger partial charge in [0, 0.05) is 10.0 Å². The molecule has 18 heavy (non-hydrogen) atoms. The van der Waals surface area contributed by atoms with Crippen LogP contribution in [0.15, 0.2) is 28.7 Å². The number of aryl methyl sites for hydroxylation is 1. The third kappa shape index (κ3) is 3.36. The largest absolute Gasteiger partial charge is 0.353 e. The highest BCUT2D eigenvalue weighted by molar-refractivity contribution is 9.10. The summed E-state index contributed by atoms with van der Waals surface area (Å²) in [5.41, 5.74) is 0.686. The zero-order chi connectivity index (χ0) is 13.0. The Balaban J connectivity index is 1.93. The highest BCUT2D eigenvalue weighted by Crippen LogP contribution is 2.16. The van der Waals surface area contributed by atoms with Gasteiger partial charge in [0.15, 0.2) is 5.78 Å². The molecule has 0 radical (unpaired) electrons. The number of hydrogen-bond acceptors (Lipinski definition) is 5. The molecule has 4 nitrogen and oxygen atoms in total. The van der Waals surface area contributed by atoms with Crippen LogP contribution in [0.25, 0.3) is 0 Å². The number of benzene rings is 1. The summed E-state index contributed by atoms with van der Waals surface area (Å²) in [5.74, 6) is 0.0377. The maximum atomic E-state index is 11.9.